The fourth-order valence-corrected chi connectivity index (χ4v) is 0. The van der Waals surface area contributed by atoms with E-state index in [0.717, 1.165) is 41.5 Å². The van der Waals surface area contributed by atoms with Crippen molar-refractivity contribution in [1.29, 1.82) is 0 Å². The van der Waals surface area contributed by atoms with Crippen LogP contribution in [-0.2, 0) is 97.6 Å². The average Bonchev–Trinajstić information content (AvgIpc) is 2.08. The van der Waals surface area contributed by atoms with Gasteiger partial charge in [-0.1, -0.05) is 0 Å². The monoisotopic (exact) mass is 576 g/mol. The first-order chi connectivity index (χ1) is 10.4. The Morgan fingerprint density at radius 1 is 0.357 bits per heavy atom. The van der Waals surface area contributed by atoms with Gasteiger partial charge in [-0.15, -0.1) is 0 Å². The normalized spacial score (nSPS) is 5.36. The summed E-state index contributed by atoms with van der Waals surface area (Å²) in [6.45, 7) is 6.50. The van der Waals surface area contributed by atoms with Crippen LogP contribution in [0.25, 0.3) is 0 Å². The molecular formula is C12H24Cr2Fe2O12. The molecule has 0 rings (SSSR count). The SMILES string of the molecule is CC(=O)O.CC(=O)O.CC(=O)O.CC(=O)O.CC(=O)O.CC(=O)O.[Cr].[Cr].[Fe].[Fe]. The van der Waals surface area contributed by atoms with Gasteiger partial charge < -0.3 is 30.6 Å². The molecule has 16 heteroatoms. The molecule has 0 aliphatic heterocycles. The fraction of sp³-hybridized carbons (Fsp3) is 0.500. The molecule has 0 aromatic heterocycles. The van der Waals surface area contributed by atoms with Gasteiger partial charge in [0.25, 0.3) is 35.8 Å². The maximum absolute atomic E-state index is 9.00. The van der Waals surface area contributed by atoms with Crippen molar-refractivity contribution in [2.75, 3.05) is 0 Å². The first-order valence-electron chi connectivity index (χ1n) is 5.57. The van der Waals surface area contributed by atoms with Gasteiger partial charge in [-0.2, -0.15) is 0 Å². The predicted molar refractivity (Wildman–Crippen MR) is 79.9 cm³/mol. The van der Waals surface area contributed by atoms with Gasteiger partial charge in [0, 0.05) is 110 Å². The molecule has 0 fully saturated rings. The van der Waals surface area contributed by atoms with E-state index in [4.69, 9.17) is 59.4 Å². The maximum Gasteiger partial charge on any atom is 0.300 e. The van der Waals surface area contributed by atoms with Crippen molar-refractivity contribution in [1.82, 2.24) is 0 Å². The quantitative estimate of drug-likeness (QED) is 0.218. The van der Waals surface area contributed by atoms with Crippen LogP contribution in [0.3, 0.4) is 0 Å². The summed E-state index contributed by atoms with van der Waals surface area (Å²) in [5.74, 6) is -5.00. The van der Waals surface area contributed by atoms with E-state index in [2.05, 4.69) is 0 Å². The fourth-order valence-electron chi connectivity index (χ4n) is 0. The molecule has 0 heterocycles. The molecule has 0 amide bonds. The molecule has 0 aromatic carbocycles. The average molecular weight is 576 g/mol. The molecule has 0 aromatic rings. The van der Waals surface area contributed by atoms with E-state index < -0.39 is 35.8 Å². The van der Waals surface area contributed by atoms with Crippen molar-refractivity contribution in [3.63, 3.8) is 0 Å². The summed E-state index contributed by atoms with van der Waals surface area (Å²) in [6, 6.07) is 0. The summed E-state index contributed by atoms with van der Waals surface area (Å²) in [5.41, 5.74) is 0. The smallest absolute Gasteiger partial charge is 0.300 e. The molecule has 12 nitrogen and oxygen atoms in total. The molecule has 28 heavy (non-hydrogen) atoms. The Bertz CT molecular complexity index is 276. The third kappa shape index (κ3) is 12300. The van der Waals surface area contributed by atoms with Crippen molar-refractivity contribution in [3.05, 3.63) is 0 Å². The largest absolute Gasteiger partial charge is 0.481 e. The van der Waals surface area contributed by atoms with Gasteiger partial charge in [-0.25, -0.2) is 0 Å². The number of hydrogen-bond donors (Lipinski definition) is 6. The van der Waals surface area contributed by atoms with E-state index in [1.165, 1.54) is 0 Å². The first-order valence-corrected chi connectivity index (χ1v) is 5.57. The van der Waals surface area contributed by atoms with Crippen molar-refractivity contribution in [2.24, 2.45) is 0 Å². The Morgan fingerprint density at radius 2 is 0.357 bits per heavy atom. The molecule has 0 spiro atoms. The number of hydrogen-bond acceptors (Lipinski definition) is 6. The Hall–Kier alpha value is -1.08. The van der Waals surface area contributed by atoms with Crippen LogP contribution in [0.2, 0.25) is 0 Å². The molecule has 172 valence electrons. The van der Waals surface area contributed by atoms with Crippen molar-refractivity contribution in [3.8, 4) is 0 Å². The van der Waals surface area contributed by atoms with Crippen LogP contribution in [0.4, 0.5) is 0 Å². The first kappa shape index (κ1) is 63.2. The summed E-state index contributed by atoms with van der Waals surface area (Å²) in [5, 5.41) is 44.5. The van der Waals surface area contributed by atoms with Crippen LogP contribution >= 0.6 is 0 Å². The zero-order valence-corrected chi connectivity index (χ0v) is 20.4. The molecule has 0 bridgehead atoms. The van der Waals surface area contributed by atoms with Crippen LogP contribution in [0, 0.1) is 0 Å². The number of carboxylic acid groups (broad SMARTS) is 6. The molecule has 6 N–H and O–H groups in total. The zero-order chi connectivity index (χ0) is 21.5. The topological polar surface area (TPSA) is 224 Å². The van der Waals surface area contributed by atoms with Gasteiger partial charge >= 0.3 is 0 Å². The third-order valence-electron chi connectivity index (χ3n) is 0. The van der Waals surface area contributed by atoms with E-state index in [-0.39, 0.29) is 68.9 Å². The molecule has 0 unspecified atom stereocenters. The van der Waals surface area contributed by atoms with E-state index in [1.807, 2.05) is 0 Å². The van der Waals surface area contributed by atoms with Gasteiger partial charge in [0.15, 0.2) is 0 Å². The minimum atomic E-state index is -0.833. The van der Waals surface area contributed by atoms with Gasteiger partial charge in [0.05, 0.1) is 0 Å². The molecule has 0 radical (unpaired) electrons. The standard InChI is InChI=1S/6C2H4O2.2Cr.2Fe/c6*1-2(3)4;;;;/h6*1H3,(H,3,4);;;;. The van der Waals surface area contributed by atoms with E-state index in [0.29, 0.717) is 0 Å². The Balaban J connectivity index is -0.0000000169. The Morgan fingerprint density at radius 3 is 0.357 bits per heavy atom. The summed E-state index contributed by atoms with van der Waals surface area (Å²) >= 11 is 0. The van der Waals surface area contributed by atoms with Gasteiger partial charge in [-0.05, 0) is 0 Å². The predicted octanol–water partition coefficient (Wildman–Crippen LogP) is 0.535. The van der Waals surface area contributed by atoms with Crippen molar-refractivity contribution >= 4 is 35.8 Å². The second-order valence-corrected chi connectivity index (χ2v) is 3.11. The summed E-state index contributed by atoms with van der Waals surface area (Å²) < 4.78 is 0. The van der Waals surface area contributed by atoms with E-state index in [1.54, 1.807) is 0 Å². The van der Waals surface area contributed by atoms with E-state index >= 15 is 0 Å². The number of aliphatic carboxylic acids is 6. The number of carbonyl (C=O) groups is 6. The summed E-state index contributed by atoms with van der Waals surface area (Å²) in [4.78, 5) is 54.0. The number of rotatable bonds is 0. The maximum atomic E-state index is 9.00. The minimum absolute atomic E-state index is 0. The summed E-state index contributed by atoms with van der Waals surface area (Å²) in [6.07, 6.45) is 0. The van der Waals surface area contributed by atoms with Crippen molar-refractivity contribution in [2.45, 2.75) is 41.5 Å². The van der Waals surface area contributed by atoms with Gasteiger partial charge in [-0.3, -0.25) is 28.8 Å². The minimum Gasteiger partial charge on any atom is -0.481 e. The second kappa shape index (κ2) is 56.2. The Labute approximate surface area is 204 Å². The van der Waals surface area contributed by atoms with Crippen LogP contribution < -0.4 is 0 Å². The Kier molecular flexibility index (Phi) is 127. The number of carboxylic acids is 6. The molecule has 0 aliphatic rings. The van der Waals surface area contributed by atoms with E-state index in [9.17, 15) is 0 Å². The van der Waals surface area contributed by atoms with Gasteiger partial charge in [0.2, 0.25) is 0 Å². The molecule has 0 atom stereocenters. The molecule has 0 aliphatic carbocycles. The van der Waals surface area contributed by atoms with Crippen LogP contribution in [0.1, 0.15) is 41.5 Å². The van der Waals surface area contributed by atoms with Crippen LogP contribution in [0.15, 0.2) is 0 Å². The molecular weight excluding hydrogens is 552 g/mol. The van der Waals surface area contributed by atoms with Gasteiger partial charge in [0.1, 0.15) is 0 Å². The zero-order valence-electron chi connectivity index (χ0n) is 15.7. The summed E-state index contributed by atoms with van der Waals surface area (Å²) in [7, 11) is 0. The van der Waals surface area contributed by atoms with Crippen LogP contribution in [0.5, 0.6) is 0 Å². The third-order valence-corrected chi connectivity index (χ3v) is 0. The second-order valence-electron chi connectivity index (χ2n) is 3.11. The molecule has 0 saturated carbocycles. The van der Waals surface area contributed by atoms with Crippen molar-refractivity contribution < 1.29 is 128 Å². The van der Waals surface area contributed by atoms with Crippen LogP contribution in [-0.4, -0.2) is 66.5 Å². The molecule has 0 saturated heterocycles.